The first-order chi connectivity index (χ1) is 7.35. The number of nitrogens with two attached hydrogens (primary N) is 1. The van der Waals surface area contributed by atoms with Crippen LogP contribution in [0.15, 0.2) is 0 Å². The molecule has 2 rings (SSSR count). The number of hydrogen-bond donors (Lipinski definition) is 1. The van der Waals surface area contributed by atoms with Crippen molar-refractivity contribution in [3.05, 3.63) is 0 Å². The van der Waals surface area contributed by atoms with E-state index in [-0.39, 0.29) is 0 Å². The number of rotatable bonds is 4. The van der Waals surface area contributed by atoms with Gasteiger partial charge in [0.25, 0.3) is 0 Å². The van der Waals surface area contributed by atoms with E-state index in [9.17, 15) is 0 Å². The van der Waals surface area contributed by atoms with E-state index in [1.54, 1.807) is 0 Å². The zero-order chi connectivity index (χ0) is 10.7. The first-order valence-electron chi connectivity index (χ1n) is 6.40. The largest absolute Gasteiger partial charge is 0.376 e. The summed E-state index contributed by atoms with van der Waals surface area (Å²) in [6.07, 6.45) is 5.74. The Bertz CT molecular complexity index is 194. The van der Waals surface area contributed by atoms with Gasteiger partial charge in [0.05, 0.1) is 12.7 Å². The van der Waals surface area contributed by atoms with E-state index in [1.807, 2.05) is 0 Å². The monoisotopic (exact) mass is 212 g/mol. The average Bonchev–Trinajstić information content (AvgIpc) is 2.23. The standard InChI is InChI=1S/C12H24N2O/c1-2-11-9-14(6-7-15-11)12(8-13)10-4-3-5-10/h10-12H,2-9,13H2,1H3. The molecule has 2 fully saturated rings. The molecule has 0 aromatic rings. The van der Waals surface area contributed by atoms with Gasteiger partial charge in [0.2, 0.25) is 0 Å². The zero-order valence-corrected chi connectivity index (χ0v) is 9.82. The van der Waals surface area contributed by atoms with Crippen molar-refractivity contribution in [2.24, 2.45) is 11.7 Å². The number of nitrogens with zero attached hydrogens (tertiary/aromatic N) is 1. The van der Waals surface area contributed by atoms with Gasteiger partial charge in [-0.15, -0.1) is 0 Å². The Balaban J connectivity index is 1.88. The first kappa shape index (κ1) is 11.4. The van der Waals surface area contributed by atoms with Crippen molar-refractivity contribution >= 4 is 0 Å². The summed E-state index contributed by atoms with van der Waals surface area (Å²) in [5, 5.41) is 0. The molecular formula is C12H24N2O. The van der Waals surface area contributed by atoms with Gasteiger partial charge in [-0.2, -0.15) is 0 Å². The Hall–Kier alpha value is -0.120. The van der Waals surface area contributed by atoms with Crippen molar-refractivity contribution in [2.75, 3.05) is 26.2 Å². The van der Waals surface area contributed by atoms with Gasteiger partial charge in [-0.3, -0.25) is 4.90 Å². The third-order valence-corrected chi connectivity index (χ3v) is 4.03. The highest BCUT2D eigenvalue weighted by Gasteiger charge is 2.33. The molecule has 0 bridgehead atoms. The summed E-state index contributed by atoms with van der Waals surface area (Å²) < 4.78 is 5.70. The SMILES string of the molecule is CCC1CN(C(CN)C2CCC2)CCO1. The highest BCUT2D eigenvalue weighted by molar-refractivity contribution is 4.87. The van der Waals surface area contributed by atoms with E-state index in [1.165, 1.54) is 19.3 Å². The molecule has 1 saturated heterocycles. The fourth-order valence-electron chi connectivity index (χ4n) is 2.75. The van der Waals surface area contributed by atoms with Gasteiger partial charge in [0.15, 0.2) is 0 Å². The second-order valence-corrected chi connectivity index (χ2v) is 4.89. The third kappa shape index (κ3) is 2.52. The summed E-state index contributed by atoms with van der Waals surface area (Å²) in [5.74, 6) is 0.866. The van der Waals surface area contributed by atoms with Gasteiger partial charge in [-0.05, 0) is 25.2 Å². The second kappa shape index (κ2) is 5.28. The summed E-state index contributed by atoms with van der Waals surface area (Å²) in [6.45, 7) is 6.08. The zero-order valence-electron chi connectivity index (χ0n) is 9.82. The Morgan fingerprint density at radius 1 is 1.47 bits per heavy atom. The van der Waals surface area contributed by atoms with Gasteiger partial charge < -0.3 is 10.5 Å². The molecule has 1 aliphatic heterocycles. The lowest BCUT2D eigenvalue weighted by Gasteiger charge is -2.44. The lowest BCUT2D eigenvalue weighted by molar-refractivity contribution is -0.0574. The number of ether oxygens (including phenoxy) is 1. The predicted molar refractivity (Wildman–Crippen MR) is 61.8 cm³/mol. The lowest BCUT2D eigenvalue weighted by Crippen LogP contribution is -2.54. The normalized spacial score (nSPS) is 31.2. The van der Waals surface area contributed by atoms with Crippen molar-refractivity contribution in [2.45, 2.75) is 44.8 Å². The fraction of sp³-hybridized carbons (Fsp3) is 1.00. The molecular weight excluding hydrogens is 188 g/mol. The van der Waals surface area contributed by atoms with E-state index in [4.69, 9.17) is 10.5 Å². The maximum atomic E-state index is 5.92. The molecule has 2 atom stereocenters. The molecule has 0 aromatic carbocycles. The summed E-state index contributed by atoms with van der Waals surface area (Å²) >= 11 is 0. The maximum Gasteiger partial charge on any atom is 0.0700 e. The molecule has 0 aromatic heterocycles. The molecule has 1 saturated carbocycles. The molecule has 15 heavy (non-hydrogen) atoms. The molecule has 3 nitrogen and oxygen atoms in total. The van der Waals surface area contributed by atoms with Crippen LogP contribution in [0.4, 0.5) is 0 Å². The van der Waals surface area contributed by atoms with Crippen LogP contribution in [0, 0.1) is 5.92 Å². The molecule has 2 unspecified atom stereocenters. The molecule has 1 heterocycles. The van der Waals surface area contributed by atoms with E-state index >= 15 is 0 Å². The molecule has 2 aliphatic rings. The molecule has 1 aliphatic carbocycles. The molecule has 0 spiro atoms. The Kier molecular flexibility index (Phi) is 4.00. The van der Waals surface area contributed by atoms with Crippen molar-refractivity contribution in [3.8, 4) is 0 Å². The van der Waals surface area contributed by atoms with Crippen LogP contribution in [-0.2, 0) is 4.74 Å². The first-order valence-corrected chi connectivity index (χ1v) is 6.40. The molecule has 3 heteroatoms. The molecule has 0 amide bonds. The van der Waals surface area contributed by atoms with Crippen LogP contribution in [0.25, 0.3) is 0 Å². The van der Waals surface area contributed by atoms with Gasteiger partial charge in [-0.1, -0.05) is 13.3 Å². The van der Waals surface area contributed by atoms with Crippen molar-refractivity contribution in [1.82, 2.24) is 4.90 Å². The molecule has 0 radical (unpaired) electrons. The molecule has 88 valence electrons. The minimum atomic E-state index is 0.438. The van der Waals surface area contributed by atoms with Crippen molar-refractivity contribution in [3.63, 3.8) is 0 Å². The number of morpholine rings is 1. The molecule has 2 N–H and O–H groups in total. The Morgan fingerprint density at radius 3 is 2.80 bits per heavy atom. The summed E-state index contributed by atoms with van der Waals surface area (Å²) in [6, 6.07) is 0.622. The summed E-state index contributed by atoms with van der Waals surface area (Å²) in [7, 11) is 0. The van der Waals surface area contributed by atoms with Crippen LogP contribution in [-0.4, -0.2) is 43.3 Å². The van der Waals surface area contributed by atoms with Crippen LogP contribution in [0.1, 0.15) is 32.6 Å². The quantitative estimate of drug-likeness (QED) is 0.761. The van der Waals surface area contributed by atoms with Crippen LogP contribution in [0.3, 0.4) is 0 Å². The Labute approximate surface area is 93.0 Å². The average molecular weight is 212 g/mol. The van der Waals surface area contributed by atoms with Crippen LogP contribution >= 0.6 is 0 Å². The highest BCUT2D eigenvalue weighted by Crippen LogP contribution is 2.32. The third-order valence-electron chi connectivity index (χ3n) is 4.03. The van der Waals surface area contributed by atoms with Gasteiger partial charge in [0, 0.05) is 25.7 Å². The van der Waals surface area contributed by atoms with E-state index in [0.29, 0.717) is 12.1 Å². The van der Waals surface area contributed by atoms with Gasteiger partial charge in [-0.25, -0.2) is 0 Å². The second-order valence-electron chi connectivity index (χ2n) is 4.89. The van der Waals surface area contributed by atoms with Crippen LogP contribution in [0.5, 0.6) is 0 Å². The van der Waals surface area contributed by atoms with Gasteiger partial charge in [0.1, 0.15) is 0 Å². The van der Waals surface area contributed by atoms with Crippen LogP contribution in [0.2, 0.25) is 0 Å². The predicted octanol–water partition coefficient (Wildman–Crippen LogP) is 1.22. The van der Waals surface area contributed by atoms with Gasteiger partial charge >= 0.3 is 0 Å². The topological polar surface area (TPSA) is 38.5 Å². The summed E-state index contributed by atoms with van der Waals surface area (Å²) in [4.78, 5) is 2.57. The minimum absolute atomic E-state index is 0.438. The van der Waals surface area contributed by atoms with Crippen molar-refractivity contribution in [1.29, 1.82) is 0 Å². The minimum Gasteiger partial charge on any atom is -0.376 e. The fourth-order valence-corrected chi connectivity index (χ4v) is 2.75. The van der Waals surface area contributed by atoms with Crippen molar-refractivity contribution < 1.29 is 4.74 Å². The van der Waals surface area contributed by atoms with E-state index in [2.05, 4.69) is 11.8 Å². The van der Waals surface area contributed by atoms with E-state index < -0.39 is 0 Å². The Morgan fingerprint density at radius 2 is 2.27 bits per heavy atom. The highest BCUT2D eigenvalue weighted by atomic mass is 16.5. The smallest absolute Gasteiger partial charge is 0.0700 e. The number of hydrogen-bond acceptors (Lipinski definition) is 3. The summed E-state index contributed by atoms with van der Waals surface area (Å²) in [5.41, 5.74) is 5.92. The lowest BCUT2D eigenvalue weighted by atomic mass is 9.79. The van der Waals surface area contributed by atoms with E-state index in [0.717, 1.165) is 38.6 Å². The maximum absolute atomic E-state index is 5.92. The van der Waals surface area contributed by atoms with Crippen LogP contribution < -0.4 is 5.73 Å².